The molecule has 8 heteroatoms. The van der Waals surface area contributed by atoms with Gasteiger partial charge >= 0.3 is 0 Å². The number of phenols is 1. The van der Waals surface area contributed by atoms with Crippen LogP contribution >= 0.6 is 0 Å². The maximum absolute atomic E-state index is 10.5. The SMILES string of the molecule is C/C(N)=C/N(N)c1ccc(/C(N)=C/c2ccn([C@H]3CCNC4(CC4)C3)c2N)c(O)c1. The Morgan fingerprint density at radius 2 is 2.07 bits per heavy atom. The van der Waals surface area contributed by atoms with Crippen molar-refractivity contribution in [1.29, 1.82) is 0 Å². The van der Waals surface area contributed by atoms with Crippen molar-refractivity contribution in [2.24, 2.45) is 17.3 Å². The molecule has 1 aliphatic carbocycles. The normalized spacial score (nSPS) is 21.1. The maximum atomic E-state index is 10.5. The van der Waals surface area contributed by atoms with E-state index in [1.54, 1.807) is 37.4 Å². The lowest BCUT2D eigenvalue weighted by atomic mass is 9.97. The van der Waals surface area contributed by atoms with E-state index >= 15 is 0 Å². The molecule has 2 aliphatic rings. The fraction of sp³-hybridized carbons (Fsp3) is 0.364. The van der Waals surface area contributed by atoms with Crippen molar-refractivity contribution in [3.63, 3.8) is 0 Å². The summed E-state index contributed by atoms with van der Waals surface area (Å²) in [7, 11) is 0. The highest BCUT2D eigenvalue weighted by molar-refractivity contribution is 5.85. The molecule has 2 fully saturated rings. The first-order chi connectivity index (χ1) is 14.3. The molecule has 0 unspecified atom stereocenters. The Morgan fingerprint density at radius 3 is 2.73 bits per heavy atom. The van der Waals surface area contributed by atoms with Crippen LogP contribution in [0.25, 0.3) is 11.8 Å². The van der Waals surface area contributed by atoms with Crippen LogP contribution in [0.1, 0.15) is 49.8 Å². The average Bonchev–Trinajstić information content (AvgIpc) is 3.33. The molecule has 0 bridgehead atoms. The van der Waals surface area contributed by atoms with Gasteiger partial charge in [0.15, 0.2) is 0 Å². The number of hydrazine groups is 1. The number of hydrogen-bond donors (Lipinski definition) is 6. The highest BCUT2D eigenvalue weighted by Gasteiger charge is 2.46. The first-order valence-corrected chi connectivity index (χ1v) is 10.3. The number of allylic oxidation sites excluding steroid dienone is 1. The predicted octanol–water partition coefficient (Wildman–Crippen LogP) is 2.19. The molecule has 1 aromatic carbocycles. The van der Waals surface area contributed by atoms with Crippen LogP contribution in [-0.2, 0) is 0 Å². The molecule has 0 radical (unpaired) electrons. The van der Waals surface area contributed by atoms with Gasteiger partial charge < -0.3 is 32.2 Å². The van der Waals surface area contributed by atoms with Gasteiger partial charge in [0.25, 0.3) is 0 Å². The molecule has 1 aliphatic heterocycles. The highest BCUT2D eigenvalue weighted by atomic mass is 16.3. The van der Waals surface area contributed by atoms with Crippen LogP contribution in [0.15, 0.2) is 42.4 Å². The van der Waals surface area contributed by atoms with E-state index in [-0.39, 0.29) is 5.75 Å². The minimum atomic E-state index is 0.0341. The van der Waals surface area contributed by atoms with Crippen molar-refractivity contribution in [3.05, 3.63) is 53.5 Å². The number of phenolic OH excluding ortho intramolecular Hbond substituents is 1. The molecule has 1 atom stereocenters. The van der Waals surface area contributed by atoms with Gasteiger partial charge in [-0.3, -0.25) is 5.01 Å². The lowest BCUT2D eigenvalue weighted by Crippen LogP contribution is -2.40. The lowest BCUT2D eigenvalue weighted by Gasteiger charge is -2.32. The number of nitrogens with zero attached hydrogens (tertiary/aromatic N) is 2. The van der Waals surface area contributed by atoms with Gasteiger partial charge in [-0.25, -0.2) is 5.84 Å². The molecule has 1 saturated heterocycles. The molecule has 4 rings (SSSR count). The Balaban J connectivity index is 1.55. The summed E-state index contributed by atoms with van der Waals surface area (Å²) in [4.78, 5) is 0. The highest BCUT2D eigenvalue weighted by Crippen LogP contribution is 2.46. The monoisotopic (exact) mass is 409 g/mol. The summed E-state index contributed by atoms with van der Waals surface area (Å²) in [6.45, 7) is 2.76. The number of nitrogen functional groups attached to an aromatic ring is 1. The van der Waals surface area contributed by atoms with Gasteiger partial charge in [0.1, 0.15) is 11.6 Å². The number of rotatable bonds is 5. The van der Waals surface area contributed by atoms with Crippen LogP contribution in [-0.4, -0.2) is 21.8 Å². The van der Waals surface area contributed by atoms with Crippen molar-refractivity contribution in [1.82, 2.24) is 9.88 Å². The zero-order valence-electron chi connectivity index (χ0n) is 17.3. The number of aromatic nitrogens is 1. The zero-order valence-corrected chi connectivity index (χ0v) is 17.3. The van der Waals surface area contributed by atoms with Gasteiger partial charge in [0.05, 0.1) is 5.69 Å². The second-order valence-electron chi connectivity index (χ2n) is 8.50. The standard InChI is InChI=1S/C22H31N7O/c1-14(23)13-29(26)16-2-3-18(20(30)11-16)19(24)10-15-5-9-28(21(15)25)17-4-8-27-22(12-17)6-7-22/h2-3,5,9-11,13,17,27,30H,4,6-8,12,23-26H2,1H3/b14-13-,19-10-/t17-/m0/s1. The second kappa shape index (κ2) is 7.62. The fourth-order valence-electron chi connectivity index (χ4n) is 4.28. The fourth-order valence-corrected chi connectivity index (χ4v) is 4.28. The molecule has 2 aromatic rings. The van der Waals surface area contributed by atoms with Crippen LogP contribution in [0.3, 0.4) is 0 Å². The van der Waals surface area contributed by atoms with E-state index in [0.717, 1.165) is 24.9 Å². The summed E-state index contributed by atoms with van der Waals surface area (Å²) in [5.74, 6) is 6.66. The zero-order chi connectivity index (χ0) is 21.5. The summed E-state index contributed by atoms with van der Waals surface area (Å²) >= 11 is 0. The Bertz CT molecular complexity index is 999. The number of benzene rings is 1. The minimum Gasteiger partial charge on any atom is -0.507 e. The maximum Gasteiger partial charge on any atom is 0.127 e. The number of nitrogens with one attached hydrogen (secondary N) is 1. The molecular weight excluding hydrogens is 378 g/mol. The molecule has 30 heavy (non-hydrogen) atoms. The first kappa shape index (κ1) is 20.2. The molecule has 160 valence electrons. The summed E-state index contributed by atoms with van der Waals surface area (Å²) in [5.41, 5.74) is 21.7. The Hall–Kier alpha value is -3.10. The number of aromatic hydroxyl groups is 1. The van der Waals surface area contributed by atoms with Crippen LogP contribution in [0.2, 0.25) is 0 Å². The molecular formula is C22H31N7O. The van der Waals surface area contributed by atoms with E-state index in [9.17, 15) is 5.11 Å². The van der Waals surface area contributed by atoms with Gasteiger partial charge in [-0.2, -0.15) is 0 Å². The van der Waals surface area contributed by atoms with Crippen molar-refractivity contribution < 1.29 is 5.11 Å². The van der Waals surface area contributed by atoms with E-state index < -0.39 is 0 Å². The van der Waals surface area contributed by atoms with Crippen LogP contribution in [0.5, 0.6) is 5.75 Å². The van der Waals surface area contributed by atoms with E-state index in [1.807, 2.05) is 12.3 Å². The predicted molar refractivity (Wildman–Crippen MR) is 122 cm³/mol. The minimum absolute atomic E-state index is 0.0341. The summed E-state index contributed by atoms with van der Waals surface area (Å²) in [6, 6.07) is 7.43. The molecule has 1 aromatic heterocycles. The largest absolute Gasteiger partial charge is 0.507 e. The molecule has 0 amide bonds. The molecule has 1 saturated carbocycles. The summed E-state index contributed by atoms with van der Waals surface area (Å²) in [6.07, 6.45) is 10.1. The van der Waals surface area contributed by atoms with Gasteiger partial charge in [0.2, 0.25) is 0 Å². The van der Waals surface area contributed by atoms with Crippen molar-refractivity contribution >= 4 is 23.3 Å². The summed E-state index contributed by atoms with van der Waals surface area (Å²) < 4.78 is 2.16. The second-order valence-corrected chi connectivity index (χ2v) is 8.50. The first-order valence-electron chi connectivity index (χ1n) is 10.3. The van der Waals surface area contributed by atoms with Crippen LogP contribution in [0.4, 0.5) is 11.5 Å². The van der Waals surface area contributed by atoms with Crippen molar-refractivity contribution in [2.75, 3.05) is 17.3 Å². The Morgan fingerprint density at radius 1 is 1.30 bits per heavy atom. The van der Waals surface area contributed by atoms with Crippen LogP contribution < -0.4 is 33.4 Å². The van der Waals surface area contributed by atoms with Crippen molar-refractivity contribution in [2.45, 2.75) is 44.2 Å². The third-order valence-electron chi connectivity index (χ3n) is 6.08. The van der Waals surface area contributed by atoms with Crippen molar-refractivity contribution in [3.8, 4) is 5.75 Å². The van der Waals surface area contributed by atoms with Crippen LogP contribution in [0, 0.1) is 0 Å². The number of piperidine rings is 1. The Labute approximate surface area is 176 Å². The van der Waals surface area contributed by atoms with Gasteiger partial charge in [0, 0.05) is 52.6 Å². The third kappa shape index (κ3) is 3.96. The van der Waals surface area contributed by atoms with E-state index in [1.165, 1.54) is 17.9 Å². The smallest absolute Gasteiger partial charge is 0.127 e. The van der Waals surface area contributed by atoms with Gasteiger partial charge in [-0.1, -0.05) is 0 Å². The lowest BCUT2D eigenvalue weighted by molar-refractivity contribution is 0.289. The van der Waals surface area contributed by atoms with E-state index in [4.69, 9.17) is 23.0 Å². The quantitative estimate of drug-likeness (QED) is 0.328. The number of nitrogens with two attached hydrogens (primary N) is 4. The number of anilines is 2. The van der Waals surface area contributed by atoms with Gasteiger partial charge in [-0.15, -0.1) is 0 Å². The van der Waals surface area contributed by atoms with E-state index in [2.05, 4.69) is 9.88 Å². The molecule has 10 N–H and O–H groups in total. The van der Waals surface area contributed by atoms with Gasteiger partial charge in [-0.05, 0) is 63.4 Å². The molecule has 1 spiro atoms. The summed E-state index contributed by atoms with van der Waals surface area (Å²) in [5, 5.41) is 15.5. The Kier molecular flexibility index (Phi) is 5.13. The third-order valence-corrected chi connectivity index (χ3v) is 6.08. The van der Waals surface area contributed by atoms with E-state index in [0.29, 0.717) is 40.0 Å². The molecule has 2 heterocycles. The number of hydrogen-bond acceptors (Lipinski definition) is 7. The topological polar surface area (TPSA) is 145 Å². The molecule has 8 nitrogen and oxygen atoms in total. The average molecular weight is 410 g/mol.